The molecule has 4 rings (SSSR count). The Morgan fingerprint density at radius 2 is 1.80 bits per heavy atom. The summed E-state index contributed by atoms with van der Waals surface area (Å²) in [5, 5.41) is 10.7. The van der Waals surface area contributed by atoms with E-state index in [1.165, 1.54) is 11.1 Å². The normalized spacial score (nSPS) is 14.6. The molecule has 30 heavy (non-hydrogen) atoms. The predicted molar refractivity (Wildman–Crippen MR) is 112 cm³/mol. The third-order valence-electron chi connectivity index (χ3n) is 4.65. The van der Waals surface area contributed by atoms with Gasteiger partial charge >= 0.3 is 6.18 Å². The van der Waals surface area contributed by atoms with E-state index in [0.717, 1.165) is 17.8 Å². The zero-order valence-corrected chi connectivity index (χ0v) is 16.7. The van der Waals surface area contributed by atoms with Crippen LogP contribution in [0.4, 0.5) is 18.9 Å². The molecule has 3 aromatic rings. The van der Waals surface area contributed by atoms with Gasteiger partial charge in [-0.1, -0.05) is 35.9 Å². The Morgan fingerprint density at radius 3 is 2.53 bits per heavy atom. The van der Waals surface area contributed by atoms with Gasteiger partial charge in [0.2, 0.25) is 0 Å². The number of hydrogen-bond acceptors (Lipinski definition) is 4. The van der Waals surface area contributed by atoms with Crippen LogP contribution < -0.4 is 5.01 Å². The molecule has 0 amide bonds. The van der Waals surface area contributed by atoms with Crippen LogP contribution in [0, 0.1) is 6.92 Å². The largest absolute Gasteiger partial charge is 0.416 e. The van der Waals surface area contributed by atoms with Crippen molar-refractivity contribution in [1.29, 1.82) is 0 Å². The third-order valence-corrected chi connectivity index (χ3v) is 5.01. The highest BCUT2D eigenvalue weighted by molar-refractivity contribution is 6.32. The fourth-order valence-electron chi connectivity index (χ4n) is 3.10. The van der Waals surface area contributed by atoms with Gasteiger partial charge in [0.1, 0.15) is 5.15 Å². The minimum atomic E-state index is -4.40. The molecule has 0 spiro atoms. The molecular weight excluding hydrogens is 415 g/mol. The first kappa shape index (κ1) is 20.2. The molecule has 5 nitrogen and oxygen atoms in total. The SMILES string of the molecule is Cc1nn(-c2ccccc2)c(Cl)c1C=NC1=NN(c2cccc(C(F)(F)F)c2)CC1. The van der Waals surface area contributed by atoms with E-state index in [1.807, 2.05) is 37.3 Å². The first-order valence-corrected chi connectivity index (χ1v) is 9.57. The summed E-state index contributed by atoms with van der Waals surface area (Å²) in [4.78, 5) is 4.39. The molecule has 0 unspecified atom stereocenters. The maximum atomic E-state index is 12.9. The standard InChI is InChI=1S/C21H17ClF3N5/c1-14-18(20(22)30(27-14)16-7-3-2-4-8-16)13-26-19-10-11-29(28-19)17-9-5-6-15(12-17)21(23,24)25/h2-9,12-13H,10-11H2,1H3. The second-order valence-electron chi connectivity index (χ2n) is 6.73. The third kappa shape index (κ3) is 4.09. The summed E-state index contributed by atoms with van der Waals surface area (Å²) in [6.07, 6.45) is -2.29. The van der Waals surface area contributed by atoms with Crippen molar-refractivity contribution >= 4 is 29.3 Å². The lowest BCUT2D eigenvalue weighted by Crippen LogP contribution is -2.13. The maximum absolute atomic E-state index is 12.9. The van der Waals surface area contributed by atoms with Gasteiger partial charge in [-0.15, -0.1) is 0 Å². The Morgan fingerprint density at radius 1 is 1.07 bits per heavy atom. The van der Waals surface area contributed by atoms with Crippen LogP contribution in [0.1, 0.15) is 23.2 Å². The number of anilines is 1. The van der Waals surface area contributed by atoms with E-state index in [0.29, 0.717) is 40.9 Å². The first-order chi connectivity index (χ1) is 14.3. The van der Waals surface area contributed by atoms with Gasteiger partial charge in [0.05, 0.1) is 28.2 Å². The van der Waals surface area contributed by atoms with E-state index in [4.69, 9.17) is 11.6 Å². The summed E-state index contributed by atoms with van der Waals surface area (Å²) >= 11 is 6.49. The summed E-state index contributed by atoms with van der Waals surface area (Å²) < 4.78 is 40.5. The molecule has 0 aliphatic carbocycles. The fraction of sp³-hybridized carbons (Fsp3) is 0.190. The highest BCUT2D eigenvalue weighted by Gasteiger charge is 2.31. The number of aliphatic imine (C=N–C) groups is 1. The molecule has 0 saturated carbocycles. The maximum Gasteiger partial charge on any atom is 0.416 e. The average Bonchev–Trinajstić information content (AvgIpc) is 3.31. The number of rotatable bonds is 3. The van der Waals surface area contributed by atoms with Crippen molar-refractivity contribution in [3.63, 3.8) is 0 Å². The van der Waals surface area contributed by atoms with Crippen LogP contribution in [-0.2, 0) is 6.18 Å². The zero-order chi connectivity index (χ0) is 21.3. The molecule has 9 heteroatoms. The number of hydrazone groups is 1. The van der Waals surface area contributed by atoms with Crippen LogP contribution in [0.25, 0.3) is 5.69 Å². The van der Waals surface area contributed by atoms with Crippen molar-refractivity contribution in [3.05, 3.63) is 76.6 Å². The van der Waals surface area contributed by atoms with E-state index in [-0.39, 0.29) is 0 Å². The van der Waals surface area contributed by atoms with Crippen LogP contribution in [0.2, 0.25) is 5.15 Å². The zero-order valence-electron chi connectivity index (χ0n) is 15.9. The number of nitrogens with zero attached hydrogens (tertiary/aromatic N) is 5. The average molecular weight is 432 g/mol. The molecule has 0 fully saturated rings. The summed E-state index contributed by atoms with van der Waals surface area (Å²) in [5.74, 6) is 0.510. The van der Waals surface area contributed by atoms with Crippen LogP contribution in [0.5, 0.6) is 0 Å². The van der Waals surface area contributed by atoms with Gasteiger partial charge in [0, 0.05) is 19.2 Å². The van der Waals surface area contributed by atoms with Gasteiger partial charge in [0.15, 0.2) is 5.84 Å². The number of amidine groups is 1. The summed E-state index contributed by atoms with van der Waals surface area (Å²) in [7, 11) is 0. The Kier molecular flexibility index (Phi) is 5.34. The topological polar surface area (TPSA) is 45.8 Å². The number of alkyl halides is 3. The fourth-order valence-corrected chi connectivity index (χ4v) is 3.42. The van der Waals surface area contributed by atoms with Crippen molar-refractivity contribution in [2.24, 2.45) is 10.1 Å². The summed E-state index contributed by atoms with van der Waals surface area (Å²) in [6.45, 7) is 2.28. The van der Waals surface area contributed by atoms with Crippen molar-refractivity contribution in [2.75, 3.05) is 11.6 Å². The molecule has 0 N–H and O–H groups in total. The Labute approximate surface area is 176 Å². The van der Waals surface area contributed by atoms with E-state index >= 15 is 0 Å². The van der Waals surface area contributed by atoms with E-state index < -0.39 is 11.7 Å². The monoisotopic (exact) mass is 431 g/mol. The molecular formula is C21H17ClF3N5. The minimum absolute atomic E-state index is 0.376. The molecule has 154 valence electrons. The molecule has 0 atom stereocenters. The van der Waals surface area contributed by atoms with Gasteiger partial charge in [0.25, 0.3) is 0 Å². The highest BCUT2D eigenvalue weighted by Crippen LogP contribution is 2.32. The van der Waals surface area contributed by atoms with Crippen molar-refractivity contribution in [1.82, 2.24) is 9.78 Å². The second-order valence-corrected chi connectivity index (χ2v) is 7.09. The predicted octanol–water partition coefficient (Wildman–Crippen LogP) is 5.50. The Hall–Kier alpha value is -3.13. The van der Waals surface area contributed by atoms with Gasteiger partial charge < -0.3 is 0 Å². The van der Waals surface area contributed by atoms with E-state index in [1.54, 1.807) is 17.0 Å². The van der Waals surface area contributed by atoms with Crippen LogP contribution in [-0.4, -0.2) is 28.4 Å². The molecule has 0 bridgehead atoms. The van der Waals surface area contributed by atoms with E-state index in [9.17, 15) is 13.2 Å². The smallest absolute Gasteiger partial charge is 0.263 e. The van der Waals surface area contributed by atoms with Crippen molar-refractivity contribution in [3.8, 4) is 5.69 Å². The lowest BCUT2D eigenvalue weighted by molar-refractivity contribution is -0.137. The Balaban J connectivity index is 1.56. The van der Waals surface area contributed by atoms with Crippen molar-refractivity contribution < 1.29 is 13.2 Å². The molecule has 0 saturated heterocycles. The minimum Gasteiger partial charge on any atom is -0.263 e. The summed E-state index contributed by atoms with van der Waals surface area (Å²) in [6, 6.07) is 14.6. The molecule has 2 aromatic carbocycles. The quantitative estimate of drug-likeness (QED) is 0.514. The molecule has 1 aromatic heterocycles. The lowest BCUT2D eigenvalue weighted by Gasteiger charge is -2.15. The number of aryl methyl sites for hydroxylation is 1. The van der Waals surface area contributed by atoms with Gasteiger partial charge in [-0.3, -0.25) is 5.01 Å². The molecule has 0 radical (unpaired) electrons. The molecule has 2 heterocycles. The van der Waals surface area contributed by atoms with Gasteiger partial charge in [-0.25, -0.2) is 9.67 Å². The lowest BCUT2D eigenvalue weighted by atomic mass is 10.2. The number of benzene rings is 2. The van der Waals surface area contributed by atoms with Crippen LogP contribution in [0.3, 0.4) is 0 Å². The second kappa shape index (κ2) is 7.95. The van der Waals surface area contributed by atoms with Gasteiger partial charge in [-0.05, 0) is 37.3 Å². The number of hydrogen-bond donors (Lipinski definition) is 0. The van der Waals surface area contributed by atoms with Crippen LogP contribution in [0.15, 0.2) is 64.7 Å². The molecule has 1 aliphatic heterocycles. The molecule has 1 aliphatic rings. The number of aromatic nitrogens is 2. The Bertz CT molecular complexity index is 1120. The van der Waals surface area contributed by atoms with Crippen LogP contribution >= 0.6 is 11.6 Å². The van der Waals surface area contributed by atoms with Gasteiger partial charge in [-0.2, -0.15) is 23.4 Å². The first-order valence-electron chi connectivity index (χ1n) is 9.20. The van der Waals surface area contributed by atoms with E-state index in [2.05, 4.69) is 15.2 Å². The highest BCUT2D eigenvalue weighted by atomic mass is 35.5. The number of para-hydroxylation sites is 1. The summed E-state index contributed by atoms with van der Waals surface area (Å²) in [5.41, 5.74) is 1.88. The van der Waals surface area contributed by atoms with Crippen molar-refractivity contribution in [2.45, 2.75) is 19.5 Å². The number of halogens is 4.